The van der Waals surface area contributed by atoms with Crippen molar-refractivity contribution in [1.29, 1.82) is 0 Å². The summed E-state index contributed by atoms with van der Waals surface area (Å²) in [5, 5.41) is 0. The predicted octanol–water partition coefficient (Wildman–Crippen LogP) is 3.25. The van der Waals surface area contributed by atoms with Crippen LogP contribution in [0.5, 0.6) is 0 Å². The van der Waals surface area contributed by atoms with E-state index in [1.54, 1.807) is 0 Å². The molecule has 0 bridgehead atoms. The molecule has 0 fully saturated rings. The van der Waals surface area contributed by atoms with Crippen LogP contribution in [0.2, 0.25) is 0 Å². The standard InChI is InChI=1S/C14H14O/c1-11-7-5-6-10-13(11)14(15)12-8-3-2-4-9-12/h2-11,13H,1H3. The Bertz CT molecular complexity index is 401. The first-order chi connectivity index (χ1) is 7.29. The zero-order valence-electron chi connectivity index (χ0n) is 8.76. The van der Waals surface area contributed by atoms with Gasteiger partial charge < -0.3 is 0 Å². The Hall–Kier alpha value is -1.63. The van der Waals surface area contributed by atoms with Gasteiger partial charge in [-0.05, 0) is 5.92 Å². The molecule has 0 saturated heterocycles. The van der Waals surface area contributed by atoms with Gasteiger partial charge in [-0.2, -0.15) is 0 Å². The second kappa shape index (κ2) is 4.26. The van der Waals surface area contributed by atoms with Crippen LogP contribution >= 0.6 is 0 Å². The van der Waals surface area contributed by atoms with Gasteiger partial charge in [0.05, 0.1) is 0 Å². The van der Waals surface area contributed by atoms with Gasteiger partial charge in [-0.1, -0.05) is 61.6 Å². The monoisotopic (exact) mass is 198 g/mol. The highest BCUT2D eigenvalue weighted by molar-refractivity contribution is 5.99. The Balaban J connectivity index is 2.22. The Kier molecular flexibility index (Phi) is 2.82. The Morgan fingerprint density at radius 2 is 1.73 bits per heavy atom. The number of rotatable bonds is 2. The third-order valence-electron chi connectivity index (χ3n) is 2.77. The number of Topliss-reactive ketones (excluding diaryl/α,β-unsaturated/α-hetero) is 1. The van der Waals surface area contributed by atoms with Crippen molar-refractivity contribution in [3.05, 3.63) is 60.2 Å². The predicted molar refractivity (Wildman–Crippen MR) is 61.7 cm³/mol. The van der Waals surface area contributed by atoms with E-state index in [0.717, 1.165) is 5.56 Å². The van der Waals surface area contributed by atoms with Gasteiger partial charge in [0.1, 0.15) is 0 Å². The van der Waals surface area contributed by atoms with Crippen LogP contribution in [-0.2, 0) is 0 Å². The molecule has 1 heteroatoms. The van der Waals surface area contributed by atoms with Crippen LogP contribution in [-0.4, -0.2) is 5.78 Å². The lowest BCUT2D eigenvalue weighted by Gasteiger charge is -2.18. The van der Waals surface area contributed by atoms with Gasteiger partial charge in [0.2, 0.25) is 0 Å². The first kappa shape index (κ1) is 9.91. The third-order valence-corrected chi connectivity index (χ3v) is 2.77. The second-order valence-electron chi connectivity index (χ2n) is 3.88. The van der Waals surface area contributed by atoms with Gasteiger partial charge in [0.25, 0.3) is 0 Å². The number of benzene rings is 1. The lowest BCUT2D eigenvalue weighted by atomic mass is 9.84. The van der Waals surface area contributed by atoms with Crippen LogP contribution in [0.25, 0.3) is 0 Å². The van der Waals surface area contributed by atoms with Crippen LogP contribution in [0, 0.1) is 11.8 Å². The van der Waals surface area contributed by atoms with E-state index in [1.807, 2.05) is 48.6 Å². The molecule has 2 atom stereocenters. The molecule has 76 valence electrons. The molecule has 0 heterocycles. The normalized spacial score (nSPS) is 24.1. The maximum Gasteiger partial charge on any atom is 0.170 e. The van der Waals surface area contributed by atoms with E-state index >= 15 is 0 Å². The summed E-state index contributed by atoms with van der Waals surface area (Å²) in [5.41, 5.74) is 0.800. The number of ketones is 1. The molecule has 1 aromatic carbocycles. The highest BCUT2D eigenvalue weighted by Crippen LogP contribution is 2.23. The zero-order valence-corrected chi connectivity index (χ0v) is 8.76. The minimum atomic E-state index is -0.00241. The van der Waals surface area contributed by atoms with Gasteiger partial charge in [-0.3, -0.25) is 4.79 Å². The molecule has 2 rings (SSSR count). The van der Waals surface area contributed by atoms with Crippen LogP contribution in [0.4, 0.5) is 0 Å². The minimum Gasteiger partial charge on any atom is -0.293 e. The topological polar surface area (TPSA) is 17.1 Å². The number of hydrogen-bond donors (Lipinski definition) is 0. The van der Waals surface area contributed by atoms with E-state index < -0.39 is 0 Å². The summed E-state index contributed by atoms with van der Waals surface area (Å²) < 4.78 is 0. The molecule has 0 N–H and O–H groups in total. The summed E-state index contributed by atoms with van der Waals surface area (Å²) in [6.07, 6.45) is 8.01. The van der Waals surface area contributed by atoms with E-state index in [4.69, 9.17) is 0 Å². The molecule has 0 amide bonds. The van der Waals surface area contributed by atoms with Crippen LogP contribution in [0.15, 0.2) is 54.6 Å². The van der Waals surface area contributed by atoms with Crippen molar-refractivity contribution in [2.75, 3.05) is 0 Å². The number of hydrogen-bond acceptors (Lipinski definition) is 1. The highest BCUT2D eigenvalue weighted by Gasteiger charge is 2.22. The van der Waals surface area contributed by atoms with Crippen LogP contribution in [0.3, 0.4) is 0 Å². The zero-order chi connectivity index (χ0) is 10.7. The first-order valence-corrected chi connectivity index (χ1v) is 5.23. The molecule has 1 aliphatic carbocycles. The second-order valence-corrected chi connectivity index (χ2v) is 3.88. The molecule has 0 aliphatic heterocycles. The Morgan fingerprint density at radius 1 is 1.07 bits per heavy atom. The van der Waals surface area contributed by atoms with Crippen LogP contribution in [0.1, 0.15) is 17.3 Å². The molecule has 2 unspecified atom stereocenters. The summed E-state index contributed by atoms with van der Waals surface area (Å²) in [4.78, 5) is 12.1. The molecule has 0 radical (unpaired) electrons. The van der Waals surface area contributed by atoms with E-state index in [9.17, 15) is 4.79 Å². The molecule has 1 nitrogen and oxygen atoms in total. The van der Waals surface area contributed by atoms with Crippen molar-refractivity contribution in [3.8, 4) is 0 Å². The van der Waals surface area contributed by atoms with Gasteiger partial charge >= 0.3 is 0 Å². The van der Waals surface area contributed by atoms with Crippen molar-refractivity contribution in [3.63, 3.8) is 0 Å². The quantitative estimate of drug-likeness (QED) is 0.667. The minimum absolute atomic E-state index is 0.00241. The summed E-state index contributed by atoms with van der Waals surface area (Å²) in [6, 6.07) is 9.49. The van der Waals surface area contributed by atoms with E-state index in [-0.39, 0.29) is 11.7 Å². The summed E-state index contributed by atoms with van der Waals surface area (Å²) in [6.45, 7) is 2.07. The maximum atomic E-state index is 12.1. The molecule has 0 aromatic heterocycles. The lowest BCUT2D eigenvalue weighted by molar-refractivity contribution is 0.0925. The molecule has 0 spiro atoms. The SMILES string of the molecule is CC1C=CC=CC1C(=O)c1ccccc1. The number of allylic oxidation sites excluding steroid dienone is 4. The maximum absolute atomic E-state index is 12.1. The fraction of sp³-hybridized carbons (Fsp3) is 0.214. The van der Waals surface area contributed by atoms with Crippen molar-refractivity contribution >= 4 is 5.78 Å². The average Bonchev–Trinajstić information content (AvgIpc) is 2.30. The van der Waals surface area contributed by atoms with Crippen molar-refractivity contribution in [1.82, 2.24) is 0 Å². The van der Waals surface area contributed by atoms with E-state index in [2.05, 4.69) is 13.0 Å². The van der Waals surface area contributed by atoms with E-state index in [0.29, 0.717) is 5.92 Å². The van der Waals surface area contributed by atoms with E-state index in [1.165, 1.54) is 0 Å². The average molecular weight is 198 g/mol. The van der Waals surface area contributed by atoms with Crippen molar-refractivity contribution < 1.29 is 4.79 Å². The molecule has 15 heavy (non-hydrogen) atoms. The fourth-order valence-electron chi connectivity index (χ4n) is 1.84. The molecule has 0 saturated carbocycles. The molecule has 1 aromatic rings. The lowest BCUT2D eigenvalue weighted by Crippen LogP contribution is -2.20. The van der Waals surface area contributed by atoms with Gasteiger partial charge in [-0.15, -0.1) is 0 Å². The first-order valence-electron chi connectivity index (χ1n) is 5.23. The smallest absolute Gasteiger partial charge is 0.170 e. The molecular formula is C14H14O. The summed E-state index contributed by atoms with van der Waals surface area (Å²) in [7, 11) is 0. The van der Waals surface area contributed by atoms with Crippen LogP contribution < -0.4 is 0 Å². The number of carbonyl (C=O) groups excluding carboxylic acids is 1. The third kappa shape index (κ3) is 2.07. The van der Waals surface area contributed by atoms with Crippen molar-refractivity contribution in [2.24, 2.45) is 11.8 Å². The molecule has 1 aliphatic rings. The Morgan fingerprint density at radius 3 is 2.40 bits per heavy atom. The fourth-order valence-corrected chi connectivity index (χ4v) is 1.84. The highest BCUT2D eigenvalue weighted by atomic mass is 16.1. The number of carbonyl (C=O) groups is 1. The van der Waals surface area contributed by atoms with Gasteiger partial charge in [0.15, 0.2) is 5.78 Å². The summed E-state index contributed by atoms with van der Waals surface area (Å²) in [5.74, 6) is 0.504. The summed E-state index contributed by atoms with van der Waals surface area (Å²) >= 11 is 0. The van der Waals surface area contributed by atoms with Gasteiger partial charge in [-0.25, -0.2) is 0 Å². The largest absolute Gasteiger partial charge is 0.293 e. The Labute approximate surface area is 90.1 Å². The van der Waals surface area contributed by atoms with Gasteiger partial charge in [0, 0.05) is 11.5 Å². The van der Waals surface area contributed by atoms with Crippen molar-refractivity contribution in [2.45, 2.75) is 6.92 Å². The molecular weight excluding hydrogens is 184 g/mol.